The van der Waals surface area contributed by atoms with Gasteiger partial charge in [0.15, 0.2) is 0 Å². The van der Waals surface area contributed by atoms with Crippen molar-refractivity contribution in [2.75, 3.05) is 13.1 Å². The Morgan fingerprint density at radius 1 is 1.41 bits per heavy atom. The molecule has 0 aliphatic carbocycles. The van der Waals surface area contributed by atoms with Gasteiger partial charge in [0, 0.05) is 31.5 Å². The van der Waals surface area contributed by atoms with Gasteiger partial charge in [-0.2, -0.15) is 5.10 Å². The van der Waals surface area contributed by atoms with Crippen LogP contribution in [0, 0.1) is 0 Å². The maximum atomic E-state index is 11.0. The van der Waals surface area contributed by atoms with Crippen molar-refractivity contribution in [2.24, 2.45) is 0 Å². The maximum Gasteiger partial charge on any atom is 0.335 e. The van der Waals surface area contributed by atoms with Crippen molar-refractivity contribution in [1.29, 1.82) is 0 Å². The molecule has 1 saturated heterocycles. The lowest BCUT2D eigenvalue weighted by Gasteiger charge is -2.17. The van der Waals surface area contributed by atoms with Gasteiger partial charge in [0.2, 0.25) is 0 Å². The fourth-order valence-corrected chi connectivity index (χ4v) is 2.57. The smallest absolute Gasteiger partial charge is 0.335 e. The number of likely N-dealkylation sites (tertiary alicyclic amines) is 1. The fraction of sp³-hybridized carbons (Fsp3) is 0.333. The number of carboxylic acid groups (broad SMARTS) is 1. The zero-order chi connectivity index (χ0) is 15.5. The summed E-state index contributed by atoms with van der Waals surface area (Å²) in [7, 11) is 0. The van der Waals surface area contributed by atoms with Crippen molar-refractivity contribution in [1.82, 2.24) is 15.1 Å². The Morgan fingerprint density at radius 3 is 3.00 bits per heavy atom. The van der Waals surface area contributed by atoms with Crippen LogP contribution < -0.4 is 4.74 Å². The summed E-state index contributed by atoms with van der Waals surface area (Å²) in [5, 5.41) is 25.9. The molecule has 3 rings (SSSR count). The molecule has 1 aromatic carbocycles. The minimum Gasteiger partial charge on any atom is -0.486 e. The van der Waals surface area contributed by atoms with Crippen LogP contribution in [0.5, 0.6) is 5.75 Å². The molecular formula is C15H17N3O4. The average molecular weight is 303 g/mol. The average Bonchev–Trinajstić information content (AvgIpc) is 3.10. The minimum absolute atomic E-state index is 0.166. The number of rotatable bonds is 5. The zero-order valence-electron chi connectivity index (χ0n) is 11.8. The van der Waals surface area contributed by atoms with E-state index in [0.29, 0.717) is 25.4 Å². The number of aromatic amines is 1. The van der Waals surface area contributed by atoms with Gasteiger partial charge in [-0.25, -0.2) is 4.79 Å². The molecule has 7 nitrogen and oxygen atoms in total. The van der Waals surface area contributed by atoms with Crippen molar-refractivity contribution >= 4 is 5.97 Å². The standard InChI is InChI=1S/C15H17N3O4/c19-13-8-18(7-11-4-5-16-17-11)9-14(13)22-12-3-1-2-10(6-12)15(20)21/h1-6,13-14,19H,7-9H2,(H,16,17)(H,20,21)/t13-,14-/m0/s1. The normalized spacial score (nSPS) is 21.9. The molecule has 22 heavy (non-hydrogen) atoms. The third kappa shape index (κ3) is 3.26. The van der Waals surface area contributed by atoms with Crippen molar-refractivity contribution in [3.63, 3.8) is 0 Å². The van der Waals surface area contributed by atoms with Crippen LogP contribution in [0.25, 0.3) is 0 Å². The largest absolute Gasteiger partial charge is 0.486 e. The third-order valence-electron chi connectivity index (χ3n) is 3.63. The molecule has 2 heterocycles. The van der Waals surface area contributed by atoms with Crippen LogP contribution in [0.2, 0.25) is 0 Å². The number of aliphatic hydroxyl groups excluding tert-OH is 1. The highest BCUT2D eigenvalue weighted by molar-refractivity contribution is 5.87. The summed E-state index contributed by atoms with van der Waals surface area (Å²) in [6.45, 7) is 1.73. The molecule has 0 unspecified atom stereocenters. The Labute approximate surface area is 127 Å². The van der Waals surface area contributed by atoms with Gasteiger partial charge in [-0.15, -0.1) is 0 Å². The molecular weight excluding hydrogens is 286 g/mol. The summed E-state index contributed by atoms with van der Waals surface area (Å²) < 4.78 is 5.75. The maximum absolute atomic E-state index is 11.0. The SMILES string of the molecule is O=C(O)c1cccc(O[C@H]2CN(Cc3ccn[nH]3)C[C@@H]2O)c1. The summed E-state index contributed by atoms with van der Waals surface area (Å²) in [5.41, 5.74) is 1.14. The van der Waals surface area contributed by atoms with Gasteiger partial charge in [0.25, 0.3) is 0 Å². The molecule has 3 N–H and O–H groups in total. The molecule has 2 atom stereocenters. The number of β-amino-alcohol motifs (C(OH)–C–C–N with tert-alkyl or cyclic N) is 1. The molecule has 7 heteroatoms. The first-order valence-electron chi connectivity index (χ1n) is 7.00. The van der Waals surface area contributed by atoms with E-state index in [1.807, 2.05) is 6.07 Å². The Bertz CT molecular complexity index is 644. The van der Waals surface area contributed by atoms with Crippen LogP contribution in [0.4, 0.5) is 0 Å². The molecule has 0 radical (unpaired) electrons. The third-order valence-corrected chi connectivity index (χ3v) is 3.63. The van der Waals surface area contributed by atoms with Crippen LogP contribution in [0.3, 0.4) is 0 Å². The van der Waals surface area contributed by atoms with Gasteiger partial charge >= 0.3 is 5.97 Å². The molecule has 0 bridgehead atoms. The number of hydrogen-bond acceptors (Lipinski definition) is 5. The Balaban J connectivity index is 1.63. The highest BCUT2D eigenvalue weighted by Crippen LogP contribution is 2.21. The highest BCUT2D eigenvalue weighted by Gasteiger charge is 2.33. The number of nitrogens with one attached hydrogen (secondary N) is 1. The molecule has 1 aliphatic heterocycles. The van der Waals surface area contributed by atoms with E-state index >= 15 is 0 Å². The Kier molecular flexibility index (Phi) is 4.08. The summed E-state index contributed by atoms with van der Waals surface area (Å²) in [6, 6.07) is 8.17. The molecule has 1 aromatic heterocycles. The molecule has 0 spiro atoms. The predicted octanol–water partition coefficient (Wildman–Crippen LogP) is 0.732. The highest BCUT2D eigenvalue weighted by atomic mass is 16.5. The number of aromatic carboxylic acids is 1. The van der Waals surface area contributed by atoms with Crippen LogP contribution >= 0.6 is 0 Å². The van der Waals surface area contributed by atoms with E-state index in [-0.39, 0.29) is 11.7 Å². The number of carbonyl (C=O) groups is 1. The second-order valence-electron chi connectivity index (χ2n) is 5.33. The summed E-state index contributed by atoms with van der Waals surface area (Å²) in [5.74, 6) is -0.550. The molecule has 0 amide bonds. The topological polar surface area (TPSA) is 98.7 Å². The lowest BCUT2D eigenvalue weighted by molar-refractivity contribution is 0.0688. The van der Waals surface area contributed by atoms with Gasteiger partial charge in [-0.3, -0.25) is 10.00 Å². The van der Waals surface area contributed by atoms with E-state index in [1.165, 1.54) is 12.1 Å². The number of carboxylic acids is 1. The number of aliphatic hydroxyl groups is 1. The monoisotopic (exact) mass is 303 g/mol. The van der Waals surface area contributed by atoms with Crippen LogP contribution in [-0.4, -0.2) is 56.6 Å². The second kappa shape index (κ2) is 6.17. The molecule has 2 aromatic rings. The van der Waals surface area contributed by atoms with Crippen LogP contribution in [0.1, 0.15) is 16.1 Å². The number of H-pyrrole nitrogens is 1. The van der Waals surface area contributed by atoms with Gasteiger partial charge < -0.3 is 14.9 Å². The number of hydrogen-bond donors (Lipinski definition) is 3. The van der Waals surface area contributed by atoms with E-state index < -0.39 is 12.1 Å². The number of benzene rings is 1. The fourth-order valence-electron chi connectivity index (χ4n) is 2.57. The predicted molar refractivity (Wildman–Crippen MR) is 77.7 cm³/mol. The van der Waals surface area contributed by atoms with E-state index in [4.69, 9.17) is 9.84 Å². The zero-order valence-corrected chi connectivity index (χ0v) is 11.8. The minimum atomic E-state index is -1.00. The van der Waals surface area contributed by atoms with Crippen molar-refractivity contribution in [2.45, 2.75) is 18.8 Å². The van der Waals surface area contributed by atoms with Gasteiger partial charge in [-0.05, 0) is 24.3 Å². The Hall–Kier alpha value is -2.38. The van der Waals surface area contributed by atoms with E-state index in [0.717, 1.165) is 5.69 Å². The second-order valence-corrected chi connectivity index (χ2v) is 5.33. The lowest BCUT2D eigenvalue weighted by Crippen LogP contribution is -2.30. The molecule has 0 saturated carbocycles. The first kappa shape index (κ1) is 14.6. The first-order valence-corrected chi connectivity index (χ1v) is 7.00. The Morgan fingerprint density at radius 2 is 2.27 bits per heavy atom. The number of nitrogens with zero attached hydrogens (tertiary/aromatic N) is 2. The van der Waals surface area contributed by atoms with Crippen molar-refractivity contribution in [3.05, 3.63) is 47.8 Å². The summed E-state index contributed by atoms with van der Waals surface area (Å²) in [6.07, 6.45) is 0.691. The number of ether oxygens (including phenoxy) is 1. The molecule has 1 aliphatic rings. The van der Waals surface area contributed by atoms with Gasteiger partial charge in [0.05, 0.1) is 5.56 Å². The van der Waals surface area contributed by atoms with Crippen LogP contribution in [-0.2, 0) is 6.54 Å². The summed E-state index contributed by atoms with van der Waals surface area (Å²) >= 11 is 0. The quantitative estimate of drug-likeness (QED) is 0.753. The van der Waals surface area contributed by atoms with E-state index in [9.17, 15) is 9.90 Å². The number of aromatic nitrogens is 2. The molecule has 1 fully saturated rings. The van der Waals surface area contributed by atoms with Gasteiger partial charge in [-0.1, -0.05) is 6.07 Å². The van der Waals surface area contributed by atoms with E-state index in [2.05, 4.69) is 15.1 Å². The van der Waals surface area contributed by atoms with E-state index in [1.54, 1.807) is 18.3 Å². The van der Waals surface area contributed by atoms with Crippen LogP contribution in [0.15, 0.2) is 36.5 Å². The first-order chi connectivity index (χ1) is 10.6. The summed E-state index contributed by atoms with van der Waals surface area (Å²) in [4.78, 5) is 13.0. The van der Waals surface area contributed by atoms with Crippen molar-refractivity contribution in [3.8, 4) is 5.75 Å². The molecule has 116 valence electrons. The van der Waals surface area contributed by atoms with Gasteiger partial charge in [0.1, 0.15) is 18.0 Å². The lowest BCUT2D eigenvalue weighted by atomic mass is 10.2. The van der Waals surface area contributed by atoms with Crippen molar-refractivity contribution < 1.29 is 19.7 Å².